The van der Waals surface area contributed by atoms with Gasteiger partial charge in [0.1, 0.15) is 22.8 Å². The molecule has 0 aliphatic heterocycles. The molecule has 258 valence electrons. The van der Waals surface area contributed by atoms with E-state index < -0.39 is 94.8 Å². The summed E-state index contributed by atoms with van der Waals surface area (Å²) < 4.78 is 25.3. The monoisotopic (exact) mass is 685 g/mol. The second-order valence-corrected chi connectivity index (χ2v) is 14.4. The molecule has 0 saturated heterocycles. The van der Waals surface area contributed by atoms with E-state index in [1.807, 2.05) is 0 Å². The second-order valence-electron chi connectivity index (χ2n) is 12.3. The Bertz CT molecular complexity index is 1770. The van der Waals surface area contributed by atoms with Crippen molar-refractivity contribution in [2.24, 2.45) is 17.6 Å². The molecule has 0 bridgehead atoms. The Morgan fingerprint density at radius 1 is 1.06 bits per heavy atom. The Kier molecular flexibility index (Phi) is 9.38. The van der Waals surface area contributed by atoms with Gasteiger partial charge in [-0.15, -0.1) is 0 Å². The van der Waals surface area contributed by atoms with Crippen LogP contribution >= 0.6 is 7.60 Å². The number of hydrogen-bond acceptors (Lipinski definition) is 13. The van der Waals surface area contributed by atoms with Crippen LogP contribution in [-0.4, -0.2) is 93.0 Å². The van der Waals surface area contributed by atoms with Crippen molar-refractivity contribution in [2.75, 3.05) is 32.6 Å². The Morgan fingerprint density at radius 2 is 1.67 bits per heavy atom. The molecule has 2 aromatic rings. The number of Topliss-reactive ketones (excluding diaryl/α,β-unsaturated/α-hetero) is 2. The maximum absolute atomic E-state index is 14.3. The third kappa shape index (κ3) is 5.15. The van der Waals surface area contributed by atoms with Crippen LogP contribution in [0.15, 0.2) is 59.4 Å². The molecule has 48 heavy (non-hydrogen) atoms. The minimum absolute atomic E-state index is 0.0184. The summed E-state index contributed by atoms with van der Waals surface area (Å²) in [6, 6.07) is 10.2. The summed E-state index contributed by atoms with van der Waals surface area (Å²) in [5.41, 5.74) is 1.42. The summed E-state index contributed by atoms with van der Waals surface area (Å²) >= 11 is 0. The molecule has 1 saturated carbocycles. The summed E-state index contributed by atoms with van der Waals surface area (Å²) in [4.78, 5) is 41.2. The molecule has 8 N–H and O–H groups in total. The first-order valence-corrected chi connectivity index (χ1v) is 17.1. The molecule has 2 aromatic carbocycles. The van der Waals surface area contributed by atoms with Crippen molar-refractivity contribution >= 4 is 36.5 Å². The number of hydrogen-bond donors (Lipinski definition) is 7. The SMILES string of the molecule is CCOP(=O)(OCC)C(Nc1ccc2c(c1O)C(O)=C1C(=O)C3(O)C(O)=C(C(N)=O)C(=O)C(N(C)C)C3C(O)C1C2C)c1ccccc1. The van der Waals surface area contributed by atoms with Crippen LogP contribution in [0.4, 0.5) is 5.69 Å². The van der Waals surface area contributed by atoms with Crippen molar-refractivity contribution in [3.63, 3.8) is 0 Å². The van der Waals surface area contributed by atoms with Crippen molar-refractivity contribution in [1.82, 2.24) is 4.90 Å². The molecule has 3 aliphatic rings. The minimum Gasteiger partial charge on any atom is -0.508 e. The fourth-order valence-corrected chi connectivity index (χ4v) is 9.33. The maximum Gasteiger partial charge on any atom is 0.357 e. The standard InChI is InChI=1S/C33H40N3O11P/c1-6-46-48(45,47-7-2)32(16-11-9-8-10-12-16)35-18-14-13-17-15(3)19-21(26(38)20(17)25(18)37)29(41)33(44)23(27(19)39)24(36(4)5)28(40)22(30(33)42)31(34)43/h8-15,19,23-24,27,32,35,37-39,42,44H,6-7H2,1-5H3,(H2,34,43). The van der Waals surface area contributed by atoms with E-state index in [1.165, 1.54) is 25.1 Å². The van der Waals surface area contributed by atoms with E-state index in [4.69, 9.17) is 14.8 Å². The normalized spacial score (nSPS) is 27.8. The van der Waals surface area contributed by atoms with Gasteiger partial charge in [-0.2, -0.15) is 0 Å². The fraction of sp³-hybridized carbons (Fsp3) is 0.424. The number of nitrogens with zero attached hydrogens (tertiary/aromatic N) is 1. The van der Waals surface area contributed by atoms with E-state index in [0.29, 0.717) is 11.1 Å². The van der Waals surface area contributed by atoms with E-state index in [0.717, 1.165) is 0 Å². The second kappa shape index (κ2) is 12.8. The van der Waals surface area contributed by atoms with Gasteiger partial charge in [-0.3, -0.25) is 23.8 Å². The zero-order valence-electron chi connectivity index (χ0n) is 27.1. The van der Waals surface area contributed by atoms with Gasteiger partial charge in [0.05, 0.1) is 42.5 Å². The number of anilines is 1. The molecule has 7 unspecified atom stereocenters. The van der Waals surface area contributed by atoms with Crippen LogP contribution in [0.3, 0.4) is 0 Å². The molecule has 0 radical (unpaired) electrons. The van der Waals surface area contributed by atoms with Gasteiger partial charge in [0.2, 0.25) is 5.78 Å². The number of aromatic hydroxyl groups is 1. The minimum atomic E-state index is -3.92. The van der Waals surface area contributed by atoms with E-state index >= 15 is 0 Å². The lowest BCUT2D eigenvalue weighted by atomic mass is 9.54. The third-order valence-corrected chi connectivity index (χ3v) is 11.8. The number of ketones is 2. The first-order chi connectivity index (χ1) is 22.6. The number of likely N-dealkylation sites (N-methyl/N-ethyl adjacent to an activating group) is 1. The predicted molar refractivity (Wildman–Crippen MR) is 174 cm³/mol. The molecular weight excluding hydrogens is 645 g/mol. The molecule has 3 aliphatic carbocycles. The molecular formula is C33H40N3O11P. The number of amides is 1. The number of nitrogens with one attached hydrogen (secondary N) is 1. The Labute approximate surface area is 277 Å². The van der Waals surface area contributed by atoms with Crippen molar-refractivity contribution in [3.05, 3.63) is 76.1 Å². The first-order valence-electron chi connectivity index (χ1n) is 15.5. The predicted octanol–water partition coefficient (Wildman–Crippen LogP) is 2.87. The van der Waals surface area contributed by atoms with Gasteiger partial charge in [0.25, 0.3) is 5.91 Å². The number of aliphatic hydroxyl groups excluding tert-OH is 3. The smallest absolute Gasteiger partial charge is 0.357 e. The first kappa shape index (κ1) is 35.3. The molecule has 0 heterocycles. The van der Waals surface area contributed by atoms with Gasteiger partial charge < -0.3 is 45.6 Å². The lowest BCUT2D eigenvalue weighted by Gasteiger charge is -2.53. The summed E-state index contributed by atoms with van der Waals surface area (Å²) in [6.45, 7) is 5.05. The number of carbonyl (C=O) groups is 3. The highest BCUT2D eigenvalue weighted by atomic mass is 31.2. The van der Waals surface area contributed by atoms with Crippen LogP contribution in [0.25, 0.3) is 5.76 Å². The number of carbonyl (C=O) groups excluding carboxylic acids is 3. The van der Waals surface area contributed by atoms with Gasteiger partial charge in [-0.05, 0) is 51.1 Å². The van der Waals surface area contributed by atoms with Gasteiger partial charge in [-0.1, -0.05) is 43.3 Å². The van der Waals surface area contributed by atoms with E-state index in [2.05, 4.69) is 5.32 Å². The highest BCUT2D eigenvalue weighted by Gasteiger charge is 2.68. The zero-order valence-corrected chi connectivity index (χ0v) is 28.0. The quantitative estimate of drug-likeness (QED) is 0.109. The van der Waals surface area contributed by atoms with Crippen molar-refractivity contribution in [3.8, 4) is 5.75 Å². The number of benzene rings is 2. The summed E-state index contributed by atoms with van der Waals surface area (Å²) in [7, 11) is -1.04. The van der Waals surface area contributed by atoms with Crippen LogP contribution in [0, 0.1) is 11.8 Å². The van der Waals surface area contributed by atoms with Crippen molar-refractivity contribution < 1.29 is 53.5 Å². The highest BCUT2D eigenvalue weighted by molar-refractivity contribution is 7.54. The Balaban J connectivity index is 1.70. The largest absolute Gasteiger partial charge is 0.508 e. The van der Waals surface area contributed by atoms with E-state index in [-0.39, 0.29) is 24.5 Å². The topological polar surface area (TPSA) is 229 Å². The van der Waals surface area contributed by atoms with Crippen LogP contribution < -0.4 is 11.1 Å². The van der Waals surface area contributed by atoms with Crippen molar-refractivity contribution in [1.29, 1.82) is 0 Å². The number of nitrogens with two attached hydrogens (primary N) is 1. The van der Waals surface area contributed by atoms with E-state index in [9.17, 15) is 44.5 Å². The Morgan fingerprint density at radius 3 is 2.21 bits per heavy atom. The molecule has 1 fully saturated rings. The fourth-order valence-electron chi connectivity index (χ4n) is 7.41. The molecule has 14 nitrogen and oxygen atoms in total. The average molecular weight is 686 g/mol. The number of phenolic OH excluding ortho intramolecular Hbond substituents is 1. The van der Waals surface area contributed by atoms with Gasteiger partial charge >= 0.3 is 7.60 Å². The number of phenols is 1. The molecule has 1 amide bonds. The average Bonchev–Trinajstić information content (AvgIpc) is 3.02. The lowest BCUT2D eigenvalue weighted by Crippen LogP contribution is -2.70. The molecule has 0 aromatic heterocycles. The summed E-state index contributed by atoms with van der Waals surface area (Å²) in [6.07, 6.45) is -1.72. The maximum atomic E-state index is 14.3. The summed E-state index contributed by atoms with van der Waals surface area (Å²) in [5.74, 6) is -11.1. The molecule has 15 heteroatoms. The zero-order chi connectivity index (χ0) is 35.5. The van der Waals surface area contributed by atoms with Gasteiger partial charge in [0.15, 0.2) is 17.2 Å². The van der Waals surface area contributed by atoms with Crippen LogP contribution in [0.2, 0.25) is 0 Å². The van der Waals surface area contributed by atoms with Crippen LogP contribution in [-0.2, 0) is 28.0 Å². The number of rotatable bonds is 10. The number of aliphatic hydroxyl groups is 4. The lowest BCUT2D eigenvalue weighted by molar-refractivity contribution is -0.169. The van der Waals surface area contributed by atoms with Crippen molar-refractivity contribution in [2.45, 2.75) is 50.2 Å². The number of fused-ring (bicyclic) bond motifs is 3. The number of primary amides is 1. The van der Waals surface area contributed by atoms with Crippen LogP contribution in [0.1, 0.15) is 49.2 Å². The highest BCUT2D eigenvalue weighted by Crippen LogP contribution is 2.62. The molecule has 5 rings (SSSR count). The van der Waals surface area contributed by atoms with E-state index in [1.54, 1.807) is 57.2 Å². The van der Waals surface area contributed by atoms with Crippen LogP contribution in [0.5, 0.6) is 5.75 Å². The summed E-state index contributed by atoms with van der Waals surface area (Å²) in [5, 5.41) is 61.3. The van der Waals surface area contributed by atoms with Gasteiger partial charge in [-0.25, -0.2) is 0 Å². The molecule has 0 spiro atoms. The third-order valence-electron chi connectivity index (χ3n) is 9.47. The molecule has 7 atom stereocenters. The van der Waals surface area contributed by atoms with Gasteiger partial charge in [0, 0.05) is 11.5 Å². The Hall–Kier alpha value is -4.04.